The molecule has 3 N–H and O–H groups in total. The summed E-state index contributed by atoms with van der Waals surface area (Å²) in [7, 11) is 1.55. The molecule has 2 aliphatic rings. The standard InChI is InChI=1S/C27H27F2N5O/c1-31-27(35)23-12-16-5-2-3-7-20(16)26(33-23)34-10-4-6-17-11-21(22(25(28)29)13-24(17)34)18(14-30)15-32-19-8-9-19/h2-3,5,7,11-15,19,25,30,32H,4,6,8-10H2,1H3,(H,31,35)/b18-15+,30-14?. The largest absolute Gasteiger partial charge is 0.388 e. The molecule has 0 saturated heterocycles. The van der Waals surface area contributed by atoms with E-state index in [0.29, 0.717) is 35.2 Å². The second-order valence-corrected chi connectivity index (χ2v) is 8.94. The number of benzene rings is 2. The van der Waals surface area contributed by atoms with E-state index >= 15 is 0 Å². The number of aryl methyl sites for hydroxylation is 1. The van der Waals surface area contributed by atoms with Crippen LogP contribution in [0.15, 0.2) is 48.7 Å². The van der Waals surface area contributed by atoms with Crippen LogP contribution < -0.4 is 15.5 Å². The van der Waals surface area contributed by atoms with Crippen molar-refractivity contribution in [2.75, 3.05) is 18.5 Å². The SMILES string of the molecule is CNC(=O)c1cc2ccccc2c(N2CCCc3cc(/C(C=N)=C/NC4CC4)c(C(F)F)cc32)n1. The van der Waals surface area contributed by atoms with E-state index in [1.807, 2.05) is 29.2 Å². The molecule has 1 saturated carbocycles. The number of halogens is 2. The summed E-state index contributed by atoms with van der Waals surface area (Å²) < 4.78 is 28.6. The van der Waals surface area contributed by atoms with E-state index in [0.717, 1.165) is 48.2 Å². The van der Waals surface area contributed by atoms with Crippen LogP contribution in [0.1, 0.15) is 52.9 Å². The number of alkyl halides is 2. The van der Waals surface area contributed by atoms with E-state index in [1.165, 1.54) is 6.07 Å². The molecule has 35 heavy (non-hydrogen) atoms. The molecular formula is C27H27F2N5O. The molecule has 0 spiro atoms. The number of rotatable bonds is 7. The van der Waals surface area contributed by atoms with E-state index in [2.05, 4.69) is 15.6 Å². The molecule has 0 bridgehead atoms. The number of allylic oxidation sites excluding steroid dienone is 1. The van der Waals surface area contributed by atoms with Crippen molar-refractivity contribution >= 4 is 40.0 Å². The van der Waals surface area contributed by atoms with Crippen LogP contribution in [0.2, 0.25) is 0 Å². The van der Waals surface area contributed by atoms with Gasteiger partial charge in [0, 0.05) is 54.3 Å². The fourth-order valence-corrected chi connectivity index (χ4v) is 4.58. The van der Waals surface area contributed by atoms with Crippen molar-refractivity contribution in [1.82, 2.24) is 15.6 Å². The van der Waals surface area contributed by atoms with Gasteiger partial charge in [0.15, 0.2) is 0 Å². The van der Waals surface area contributed by atoms with Gasteiger partial charge in [0.25, 0.3) is 12.3 Å². The molecule has 5 rings (SSSR count). The average molecular weight is 476 g/mol. The molecule has 3 aromatic rings. The fraction of sp³-hybridized carbons (Fsp3) is 0.296. The molecule has 180 valence electrons. The molecule has 0 unspecified atom stereocenters. The van der Waals surface area contributed by atoms with E-state index < -0.39 is 6.43 Å². The van der Waals surface area contributed by atoms with Crippen molar-refractivity contribution in [2.24, 2.45) is 0 Å². The molecule has 0 atom stereocenters. The summed E-state index contributed by atoms with van der Waals surface area (Å²) in [6, 6.07) is 13.1. The Balaban J connectivity index is 1.66. The number of hydrogen-bond donors (Lipinski definition) is 3. The van der Waals surface area contributed by atoms with Crippen molar-refractivity contribution in [3.8, 4) is 0 Å². The van der Waals surface area contributed by atoms with Crippen molar-refractivity contribution < 1.29 is 13.6 Å². The topological polar surface area (TPSA) is 81.1 Å². The van der Waals surface area contributed by atoms with E-state index in [1.54, 1.807) is 25.4 Å². The Hall–Kier alpha value is -3.81. The lowest BCUT2D eigenvalue weighted by Gasteiger charge is -2.33. The van der Waals surface area contributed by atoms with Crippen molar-refractivity contribution in [2.45, 2.75) is 38.2 Å². The first-order chi connectivity index (χ1) is 17.0. The summed E-state index contributed by atoms with van der Waals surface area (Å²) in [6.07, 6.45) is 3.76. The monoisotopic (exact) mass is 475 g/mol. The van der Waals surface area contributed by atoms with Crippen LogP contribution in [0.25, 0.3) is 16.3 Å². The second kappa shape index (κ2) is 9.44. The van der Waals surface area contributed by atoms with Crippen LogP contribution in [0.4, 0.5) is 20.3 Å². The number of aromatic nitrogens is 1. The predicted molar refractivity (Wildman–Crippen MR) is 135 cm³/mol. The van der Waals surface area contributed by atoms with Gasteiger partial charge in [-0.2, -0.15) is 0 Å². The van der Waals surface area contributed by atoms with Crippen LogP contribution in [0, 0.1) is 5.41 Å². The molecule has 2 heterocycles. The maximum Gasteiger partial charge on any atom is 0.269 e. The van der Waals surface area contributed by atoms with Gasteiger partial charge >= 0.3 is 0 Å². The molecule has 0 radical (unpaired) electrons. The van der Waals surface area contributed by atoms with Crippen LogP contribution >= 0.6 is 0 Å². The number of hydrogen-bond acceptors (Lipinski definition) is 5. The summed E-state index contributed by atoms with van der Waals surface area (Å²) in [5.74, 6) is 0.274. The summed E-state index contributed by atoms with van der Waals surface area (Å²) >= 11 is 0. The second-order valence-electron chi connectivity index (χ2n) is 8.94. The number of carbonyl (C=O) groups excluding carboxylic acids is 1. The van der Waals surface area contributed by atoms with Gasteiger partial charge in [-0.15, -0.1) is 0 Å². The fourth-order valence-electron chi connectivity index (χ4n) is 4.58. The third kappa shape index (κ3) is 4.48. The van der Waals surface area contributed by atoms with Crippen LogP contribution in [0.3, 0.4) is 0 Å². The Kier molecular flexibility index (Phi) is 6.19. The highest BCUT2D eigenvalue weighted by atomic mass is 19.3. The van der Waals surface area contributed by atoms with Gasteiger partial charge in [0.2, 0.25) is 0 Å². The number of pyridine rings is 1. The molecule has 1 amide bonds. The maximum absolute atomic E-state index is 14.3. The van der Waals surface area contributed by atoms with E-state index in [4.69, 9.17) is 5.41 Å². The van der Waals surface area contributed by atoms with Crippen molar-refractivity contribution in [3.63, 3.8) is 0 Å². The summed E-state index contributed by atoms with van der Waals surface area (Å²) in [6.45, 7) is 0.597. The highest BCUT2D eigenvalue weighted by Gasteiger charge is 2.27. The van der Waals surface area contributed by atoms with Gasteiger partial charge in [0.1, 0.15) is 11.5 Å². The molecule has 1 aliphatic heterocycles. The quantitative estimate of drug-likeness (QED) is 0.402. The van der Waals surface area contributed by atoms with Crippen LogP contribution in [0.5, 0.6) is 0 Å². The van der Waals surface area contributed by atoms with Gasteiger partial charge in [0.05, 0.1) is 0 Å². The molecule has 1 fully saturated rings. The van der Waals surface area contributed by atoms with Gasteiger partial charge in [-0.3, -0.25) is 4.79 Å². The minimum Gasteiger partial charge on any atom is -0.388 e. The third-order valence-electron chi connectivity index (χ3n) is 6.56. The smallest absolute Gasteiger partial charge is 0.269 e. The lowest BCUT2D eigenvalue weighted by atomic mass is 9.92. The lowest BCUT2D eigenvalue weighted by molar-refractivity contribution is 0.0958. The Morgan fingerprint density at radius 2 is 2.03 bits per heavy atom. The predicted octanol–water partition coefficient (Wildman–Crippen LogP) is 5.36. The van der Waals surface area contributed by atoms with Gasteiger partial charge < -0.3 is 20.9 Å². The first kappa shape index (κ1) is 23.0. The zero-order chi connectivity index (χ0) is 24.5. The zero-order valence-corrected chi connectivity index (χ0v) is 19.4. The Bertz CT molecular complexity index is 1330. The van der Waals surface area contributed by atoms with Crippen LogP contribution in [-0.4, -0.2) is 36.7 Å². The number of nitrogens with one attached hydrogen (secondary N) is 3. The first-order valence-electron chi connectivity index (χ1n) is 11.8. The van der Waals surface area contributed by atoms with Gasteiger partial charge in [-0.05, 0) is 60.4 Å². The first-order valence-corrected chi connectivity index (χ1v) is 11.8. The number of anilines is 2. The third-order valence-corrected chi connectivity index (χ3v) is 6.56. The maximum atomic E-state index is 14.3. The van der Waals surface area contributed by atoms with Crippen molar-refractivity contribution in [3.05, 3.63) is 71.0 Å². The molecule has 2 aromatic carbocycles. The Morgan fingerprint density at radius 1 is 1.23 bits per heavy atom. The van der Waals surface area contributed by atoms with Crippen molar-refractivity contribution in [1.29, 1.82) is 5.41 Å². The molecular weight excluding hydrogens is 448 g/mol. The molecule has 8 heteroatoms. The molecule has 1 aromatic heterocycles. The summed E-state index contributed by atoms with van der Waals surface area (Å²) in [5, 5.41) is 15.4. The normalized spacial score (nSPS) is 15.8. The minimum atomic E-state index is -2.70. The lowest BCUT2D eigenvalue weighted by Crippen LogP contribution is -2.27. The number of nitrogens with zero attached hydrogens (tertiary/aromatic N) is 2. The van der Waals surface area contributed by atoms with E-state index in [-0.39, 0.29) is 17.2 Å². The zero-order valence-electron chi connectivity index (χ0n) is 19.4. The minimum absolute atomic E-state index is 0.116. The molecule has 6 nitrogen and oxygen atoms in total. The van der Waals surface area contributed by atoms with Gasteiger partial charge in [-0.25, -0.2) is 13.8 Å². The Morgan fingerprint density at radius 3 is 2.74 bits per heavy atom. The van der Waals surface area contributed by atoms with Gasteiger partial charge in [-0.1, -0.05) is 24.3 Å². The average Bonchev–Trinajstić information content (AvgIpc) is 3.71. The molecule has 1 aliphatic carbocycles. The summed E-state index contributed by atoms with van der Waals surface area (Å²) in [5.41, 5.74) is 2.57. The highest BCUT2D eigenvalue weighted by molar-refractivity contribution is 6.09. The number of carbonyl (C=O) groups is 1. The van der Waals surface area contributed by atoms with E-state index in [9.17, 15) is 13.6 Å². The summed E-state index contributed by atoms with van der Waals surface area (Å²) in [4.78, 5) is 19.0. The number of fused-ring (bicyclic) bond motifs is 2. The number of amides is 1. The Labute approximate surface area is 202 Å². The highest BCUT2D eigenvalue weighted by Crippen LogP contribution is 2.41. The van der Waals surface area contributed by atoms with Crippen LogP contribution in [-0.2, 0) is 6.42 Å².